The molecule has 0 saturated carbocycles. The molecule has 0 saturated heterocycles. The van der Waals surface area contributed by atoms with E-state index in [1.54, 1.807) is 0 Å². The minimum atomic E-state index is -0.0615. The summed E-state index contributed by atoms with van der Waals surface area (Å²) in [5, 5.41) is 2.97. The van der Waals surface area contributed by atoms with Gasteiger partial charge in [-0.2, -0.15) is 0 Å². The van der Waals surface area contributed by atoms with Crippen LogP contribution in [-0.2, 0) is 19.5 Å². The lowest BCUT2D eigenvalue weighted by Gasteiger charge is -2.11. The molecule has 1 aromatic heterocycles. The maximum Gasteiger partial charge on any atom is 0.268 e. The fraction of sp³-hybridized carbons (Fsp3) is 0.312. The van der Waals surface area contributed by atoms with Crippen molar-refractivity contribution in [2.24, 2.45) is 0 Å². The molecule has 2 aromatic rings. The molecule has 5 heteroatoms. The van der Waals surface area contributed by atoms with Gasteiger partial charge in [0.05, 0.1) is 6.61 Å². The minimum absolute atomic E-state index is 0.0615. The van der Waals surface area contributed by atoms with Crippen LogP contribution in [0.3, 0.4) is 0 Å². The van der Waals surface area contributed by atoms with Gasteiger partial charge in [-0.1, -0.05) is 15.9 Å². The van der Waals surface area contributed by atoms with Gasteiger partial charge in [-0.3, -0.25) is 4.79 Å². The van der Waals surface area contributed by atoms with E-state index in [2.05, 4.69) is 27.3 Å². The van der Waals surface area contributed by atoms with Crippen molar-refractivity contribution in [2.75, 3.05) is 6.61 Å². The predicted octanol–water partition coefficient (Wildman–Crippen LogP) is 3.14. The maximum atomic E-state index is 12.3. The Kier molecular flexibility index (Phi) is 4.01. The molecule has 2 heterocycles. The average Bonchev–Trinajstić information content (AvgIpc) is 3.12. The number of hydrogen-bond acceptors (Lipinski definition) is 2. The number of benzene rings is 1. The SMILES string of the molecule is CCn1cccc1C(=O)NCc1cc(Br)cc2c1OCC2. The number of nitrogens with one attached hydrogen (secondary N) is 1. The average molecular weight is 349 g/mol. The molecule has 1 aromatic carbocycles. The van der Waals surface area contributed by atoms with Crippen LogP contribution in [0, 0.1) is 0 Å². The first-order chi connectivity index (χ1) is 10.2. The first kappa shape index (κ1) is 14.2. The van der Waals surface area contributed by atoms with Crippen molar-refractivity contribution in [3.8, 4) is 5.75 Å². The largest absolute Gasteiger partial charge is 0.493 e. The molecule has 0 bridgehead atoms. The fourth-order valence-electron chi connectivity index (χ4n) is 2.64. The second-order valence-corrected chi connectivity index (χ2v) is 5.93. The lowest BCUT2D eigenvalue weighted by atomic mass is 10.1. The standard InChI is InChI=1S/C16H17BrN2O2/c1-2-19-6-3-4-14(19)16(20)18-10-12-9-13(17)8-11-5-7-21-15(11)12/h3-4,6,8-9H,2,5,7,10H2,1H3,(H,18,20). The number of halogens is 1. The first-order valence-corrected chi connectivity index (χ1v) is 7.85. The van der Waals surface area contributed by atoms with Crippen LogP contribution in [0.2, 0.25) is 0 Å². The van der Waals surface area contributed by atoms with E-state index in [9.17, 15) is 4.79 Å². The summed E-state index contributed by atoms with van der Waals surface area (Å²) in [7, 11) is 0. The molecular weight excluding hydrogens is 332 g/mol. The Hall–Kier alpha value is -1.75. The summed E-state index contributed by atoms with van der Waals surface area (Å²) in [4.78, 5) is 12.3. The minimum Gasteiger partial charge on any atom is -0.493 e. The second kappa shape index (κ2) is 5.93. The molecular formula is C16H17BrN2O2. The van der Waals surface area contributed by atoms with E-state index in [4.69, 9.17) is 4.74 Å². The number of ether oxygens (including phenoxy) is 1. The zero-order chi connectivity index (χ0) is 14.8. The van der Waals surface area contributed by atoms with Gasteiger partial charge >= 0.3 is 0 Å². The topological polar surface area (TPSA) is 43.3 Å². The van der Waals surface area contributed by atoms with Crippen LogP contribution in [0.15, 0.2) is 34.9 Å². The maximum absolute atomic E-state index is 12.3. The molecule has 3 rings (SSSR count). The molecule has 1 aliphatic rings. The van der Waals surface area contributed by atoms with Gasteiger partial charge in [-0.25, -0.2) is 0 Å². The van der Waals surface area contributed by atoms with E-state index in [0.29, 0.717) is 18.8 Å². The normalized spacial score (nSPS) is 12.9. The molecule has 1 N–H and O–H groups in total. The number of rotatable bonds is 4. The van der Waals surface area contributed by atoms with Crippen molar-refractivity contribution < 1.29 is 9.53 Å². The molecule has 4 nitrogen and oxygen atoms in total. The summed E-state index contributed by atoms with van der Waals surface area (Å²) in [6, 6.07) is 7.80. The number of hydrogen-bond donors (Lipinski definition) is 1. The zero-order valence-corrected chi connectivity index (χ0v) is 13.4. The number of fused-ring (bicyclic) bond motifs is 1. The van der Waals surface area contributed by atoms with Gasteiger partial charge < -0.3 is 14.6 Å². The van der Waals surface area contributed by atoms with Crippen LogP contribution in [0.4, 0.5) is 0 Å². The quantitative estimate of drug-likeness (QED) is 0.922. The van der Waals surface area contributed by atoms with Crippen LogP contribution in [-0.4, -0.2) is 17.1 Å². The number of aromatic nitrogens is 1. The zero-order valence-electron chi connectivity index (χ0n) is 11.9. The summed E-state index contributed by atoms with van der Waals surface area (Å²) in [5.74, 6) is 0.859. The summed E-state index contributed by atoms with van der Waals surface area (Å²) in [6.07, 6.45) is 2.84. The Labute approximate surface area is 132 Å². The Bertz CT molecular complexity index is 679. The van der Waals surface area contributed by atoms with Gasteiger partial charge in [0, 0.05) is 35.7 Å². The first-order valence-electron chi connectivity index (χ1n) is 7.06. The smallest absolute Gasteiger partial charge is 0.268 e. The van der Waals surface area contributed by atoms with E-state index in [1.165, 1.54) is 5.56 Å². The number of carbonyl (C=O) groups excluding carboxylic acids is 1. The van der Waals surface area contributed by atoms with Crippen molar-refractivity contribution in [1.82, 2.24) is 9.88 Å². The van der Waals surface area contributed by atoms with E-state index >= 15 is 0 Å². The number of amides is 1. The Morgan fingerprint density at radius 2 is 2.33 bits per heavy atom. The summed E-state index contributed by atoms with van der Waals surface area (Å²) in [6.45, 7) is 3.98. The Morgan fingerprint density at radius 3 is 3.14 bits per heavy atom. The third-order valence-corrected chi connectivity index (χ3v) is 4.13. The van der Waals surface area contributed by atoms with Gasteiger partial charge in [-0.15, -0.1) is 0 Å². The molecule has 0 spiro atoms. The van der Waals surface area contributed by atoms with Crippen LogP contribution in [0.25, 0.3) is 0 Å². The molecule has 0 unspecified atom stereocenters. The van der Waals surface area contributed by atoms with Gasteiger partial charge in [0.2, 0.25) is 0 Å². The molecule has 1 amide bonds. The summed E-state index contributed by atoms with van der Waals surface area (Å²) >= 11 is 3.51. The predicted molar refractivity (Wildman–Crippen MR) is 84.6 cm³/mol. The van der Waals surface area contributed by atoms with Crippen molar-refractivity contribution in [3.63, 3.8) is 0 Å². The van der Waals surface area contributed by atoms with E-state index in [0.717, 1.165) is 28.8 Å². The van der Waals surface area contributed by atoms with Crippen LogP contribution in [0.1, 0.15) is 28.5 Å². The molecule has 0 fully saturated rings. The number of aryl methyl sites for hydroxylation is 1. The van der Waals surface area contributed by atoms with Gasteiger partial charge in [-0.05, 0) is 36.8 Å². The highest BCUT2D eigenvalue weighted by Crippen LogP contribution is 2.32. The van der Waals surface area contributed by atoms with Gasteiger partial charge in [0.25, 0.3) is 5.91 Å². The number of nitrogens with zero attached hydrogens (tertiary/aromatic N) is 1. The monoisotopic (exact) mass is 348 g/mol. The third-order valence-electron chi connectivity index (χ3n) is 3.67. The Balaban J connectivity index is 1.75. The van der Waals surface area contributed by atoms with E-state index in [-0.39, 0.29) is 5.91 Å². The third kappa shape index (κ3) is 2.83. The molecule has 21 heavy (non-hydrogen) atoms. The summed E-state index contributed by atoms with van der Waals surface area (Å²) in [5.41, 5.74) is 2.90. The van der Waals surface area contributed by atoms with Crippen LogP contribution >= 0.6 is 15.9 Å². The highest BCUT2D eigenvalue weighted by atomic mass is 79.9. The van der Waals surface area contributed by atoms with Gasteiger partial charge in [0.1, 0.15) is 11.4 Å². The Morgan fingerprint density at radius 1 is 1.48 bits per heavy atom. The molecule has 0 radical (unpaired) electrons. The summed E-state index contributed by atoms with van der Waals surface area (Å²) < 4.78 is 8.62. The van der Waals surface area contributed by atoms with Gasteiger partial charge in [0.15, 0.2) is 0 Å². The second-order valence-electron chi connectivity index (χ2n) is 5.01. The highest BCUT2D eigenvalue weighted by Gasteiger charge is 2.18. The highest BCUT2D eigenvalue weighted by molar-refractivity contribution is 9.10. The molecule has 0 atom stereocenters. The van der Waals surface area contributed by atoms with Crippen molar-refractivity contribution in [2.45, 2.75) is 26.4 Å². The lowest BCUT2D eigenvalue weighted by Crippen LogP contribution is -2.25. The van der Waals surface area contributed by atoms with Crippen molar-refractivity contribution >= 4 is 21.8 Å². The van der Waals surface area contributed by atoms with E-state index < -0.39 is 0 Å². The molecule has 0 aliphatic carbocycles. The number of carbonyl (C=O) groups is 1. The van der Waals surface area contributed by atoms with Crippen LogP contribution < -0.4 is 10.1 Å². The fourth-order valence-corrected chi connectivity index (χ4v) is 3.19. The molecule has 110 valence electrons. The lowest BCUT2D eigenvalue weighted by molar-refractivity contribution is 0.0941. The van der Waals surface area contributed by atoms with Crippen molar-refractivity contribution in [3.05, 3.63) is 51.8 Å². The van der Waals surface area contributed by atoms with Crippen LogP contribution in [0.5, 0.6) is 5.75 Å². The van der Waals surface area contributed by atoms with Crippen molar-refractivity contribution in [1.29, 1.82) is 0 Å². The molecule has 1 aliphatic heterocycles. The van der Waals surface area contributed by atoms with E-state index in [1.807, 2.05) is 35.9 Å².